The molecule has 0 fully saturated rings. The molecule has 0 bridgehead atoms. The molecule has 10 rings (SSSR count). The molecule has 0 saturated heterocycles. The molecule has 2 nitrogen and oxygen atoms in total. The molecule has 44 heavy (non-hydrogen) atoms. The highest BCUT2D eigenvalue weighted by Gasteiger charge is 2.25. The molecule has 0 saturated carbocycles. The van der Waals surface area contributed by atoms with E-state index in [0.717, 1.165) is 0 Å². The Morgan fingerprint density at radius 1 is 0.318 bits per heavy atom. The second-order valence-electron chi connectivity index (χ2n) is 11.7. The van der Waals surface area contributed by atoms with Crippen LogP contribution in [0, 0.1) is 0 Å². The Balaban J connectivity index is 1.52. The number of rotatable bonds is 3. The summed E-state index contributed by atoms with van der Waals surface area (Å²) in [6.45, 7) is 0. The van der Waals surface area contributed by atoms with Crippen LogP contribution in [0.25, 0.3) is 87.8 Å². The standard InChI is InChI=1S/C42H26N2/c1-3-13-27(14-4-1)29-17-7-10-20-34(29)43-37-25-23-30(28-15-5-2-6-16-28)39-33-19-9-12-22-36(33)44-35-21-11-8-18-31(35)32-24-26-38(43)41(40(37)39)42(32)44/h1-26H. The van der Waals surface area contributed by atoms with Gasteiger partial charge in [-0.3, -0.25) is 0 Å². The molecule has 0 aliphatic heterocycles. The Labute approximate surface area is 254 Å². The summed E-state index contributed by atoms with van der Waals surface area (Å²) in [4.78, 5) is 0. The molecule has 0 aliphatic carbocycles. The van der Waals surface area contributed by atoms with Gasteiger partial charge in [0.05, 0.1) is 33.3 Å². The summed E-state index contributed by atoms with van der Waals surface area (Å²) in [5.41, 5.74) is 12.3. The van der Waals surface area contributed by atoms with Crippen LogP contribution in [-0.2, 0) is 0 Å². The van der Waals surface area contributed by atoms with Crippen molar-refractivity contribution in [3.05, 3.63) is 158 Å². The van der Waals surface area contributed by atoms with Crippen LogP contribution in [0.15, 0.2) is 158 Å². The Morgan fingerprint density at radius 3 is 1.66 bits per heavy atom. The van der Waals surface area contributed by atoms with E-state index >= 15 is 0 Å². The molecule has 0 N–H and O–H groups in total. The molecule has 0 unspecified atom stereocenters. The largest absolute Gasteiger partial charge is 0.309 e. The van der Waals surface area contributed by atoms with Gasteiger partial charge in [0.25, 0.3) is 0 Å². The van der Waals surface area contributed by atoms with Crippen LogP contribution in [-0.4, -0.2) is 8.97 Å². The topological polar surface area (TPSA) is 9.34 Å². The second-order valence-corrected chi connectivity index (χ2v) is 11.7. The molecule has 0 spiro atoms. The third kappa shape index (κ3) is 3.04. The van der Waals surface area contributed by atoms with Gasteiger partial charge in [-0.05, 0) is 47.0 Å². The summed E-state index contributed by atoms with van der Waals surface area (Å²) in [5, 5.41) is 7.74. The van der Waals surface area contributed by atoms with Crippen molar-refractivity contribution < 1.29 is 0 Å². The van der Waals surface area contributed by atoms with Crippen LogP contribution < -0.4 is 0 Å². The van der Waals surface area contributed by atoms with E-state index in [-0.39, 0.29) is 0 Å². The third-order valence-corrected chi connectivity index (χ3v) is 9.46. The first-order chi connectivity index (χ1) is 21.9. The minimum atomic E-state index is 1.19. The Bertz CT molecular complexity index is 2690. The minimum absolute atomic E-state index is 1.19. The molecule has 3 heterocycles. The SMILES string of the molecule is c1ccc(-c2ccccc2-n2c3ccc(-c4ccccc4)c4c5ccccc5n5c6ccccc6c6ccc2c(c43)c65)cc1. The van der Waals surface area contributed by atoms with Gasteiger partial charge in [-0.1, -0.05) is 127 Å². The van der Waals surface area contributed by atoms with Crippen molar-refractivity contribution in [1.82, 2.24) is 8.97 Å². The highest BCUT2D eigenvalue weighted by Crippen LogP contribution is 2.48. The average molecular weight is 559 g/mol. The van der Waals surface area contributed by atoms with Crippen LogP contribution in [0.2, 0.25) is 0 Å². The maximum absolute atomic E-state index is 2.52. The third-order valence-electron chi connectivity index (χ3n) is 9.46. The van der Waals surface area contributed by atoms with Crippen LogP contribution in [0.5, 0.6) is 0 Å². The summed E-state index contributed by atoms with van der Waals surface area (Å²) in [6.07, 6.45) is 0. The van der Waals surface area contributed by atoms with E-state index in [1.54, 1.807) is 0 Å². The van der Waals surface area contributed by atoms with Gasteiger partial charge in [0, 0.05) is 37.9 Å². The summed E-state index contributed by atoms with van der Waals surface area (Å²) in [6, 6.07) is 57.6. The van der Waals surface area contributed by atoms with E-state index in [9.17, 15) is 0 Å². The molecule has 204 valence electrons. The van der Waals surface area contributed by atoms with Gasteiger partial charge in [-0.15, -0.1) is 0 Å². The molecule has 0 radical (unpaired) electrons. The van der Waals surface area contributed by atoms with Crippen molar-refractivity contribution in [2.75, 3.05) is 0 Å². The van der Waals surface area contributed by atoms with E-state index in [1.165, 1.54) is 87.8 Å². The quantitative estimate of drug-likeness (QED) is 0.204. The zero-order valence-electron chi connectivity index (χ0n) is 23.9. The van der Waals surface area contributed by atoms with Gasteiger partial charge >= 0.3 is 0 Å². The van der Waals surface area contributed by atoms with Gasteiger partial charge in [0.2, 0.25) is 0 Å². The molecule has 0 amide bonds. The predicted octanol–water partition coefficient (Wildman–Crippen LogP) is 11.3. The van der Waals surface area contributed by atoms with Gasteiger partial charge < -0.3 is 8.97 Å². The van der Waals surface area contributed by atoms with Crippen LogP contribution >= 0.6 is 0 Å². The highest BCUT2D eigenvalue weighted by molar-refractivity contribution is 6.35. The fraction of sp³-hybridized carbons (Fsp3) is 0. The van der Waals surface area contributed by atoms with Crippen LogP contribution in [0.1, 0.15) is 0 Å². The Hall–Kier alpha value is -5.86. The zero-order valence-corrected chi connectivity index (χ0v) is 23.9. The second kappa shape index (κ2) is 8.82. The zero-order chi connectivity index (χ0) is 28.8. The van der Waals surface area contributed by atoms with Gasteiger partial charge in [-0.25, -0.2) is 0 Å². The lowest BCUT2D eigenvalue weighted by molar-refractivity contribution is 1.18. The van der Waals surface area contributed by atoms with Crippen molar-refractivity contribution >= 4 is 59.9 Å². The lowest BCUT2D eigenvalue weighted by Crippen LogP contribution is -1.97. The summed E-state index contributed by atoms with van der Waals surface area (Å²) >= 11 is 0. The molecule has 0 aliphatic rings. The highest BCUT2D eigenvalue weighted by atomic mass is 15.0. The van der Waals surface area contributed by atoms with Crippen LogP contribution in [0.4, 0.5) is 0 Å². The van der Waals surface area contributed by atoms with Gasteiger partial charge in [0.15, 0.2) is 0 Å². The molecular weight excluding hydrogens is 532 g/mol. The summed E-state index contributed by atoms with van der Waals surface area (Å²) in [5.74, 6) is 0. The van der Waals surface area contributed by atoms with Crippen molar-refractivity contribution in [1.29, 1.82) is 0 Å². The number of para-hydroxylation sites is 3. The van der Waals surface area contributed by atoms with E-state index in [4.69, 9.17) is 0 Å². The Morgan fingerprint density at radius 2 is 0.886 bits per heavy atom. The maximum Gasteiger partial charge on any atom is 0.0641 e. The van der Waals surface area contributed by atoms with Crippen molar-refractivity contribution in [3.8, 4) is 27.9 Å². The van der Waals surface area contributed by atoms with Gasteiger partial charge in [-0.2, -0.15) is 0 Å². The summed E-state index contributed by atoms with van der Waals surface area (Å²) in [7, 11) is 0. The molecule has 10 aromatic rings. The normalized spacial score (nSPS) is 12.1. The average Bonchev–Trinajstić information content (AvgIpc) is 3.57. The molecule has 2 heteroatoms. The maximum atomic E-state index is 2.52. The number of hydrogen-bond acceptors (Lipinski definition) is 0. The van der Waals surface area contributed by atoms with E-state index in [1.807, 2.05) is 0 Å². The summed E-state index contributed by atoms with van der Waals surface area (Å²) < 4.78 is 5.02. The van der Waals surface area contributed by atoms with Crippen LogP contribution in [0.3, 0.4) is 0 Å². The first-order valence-corrected chi connectivity index (χ1v) is 15.2. The smallest absolute Gasteiger partial charge is 0.0641 e. The minimum Gasteiger partial charge on any atom is -0.309 e. The van der Waals surface area contributed by atoms with E-state index in [2.05, 4.69) is 167 Å². The number of hydrogen-bond donors (Lipinski definition) is 0. The van der Waals surface area contributed by atoms with Crippen molar-refractivity contribution in [2.24, 2.45) is 0 Å². The lowest BCUT2D eigenvalue weighted by Gasteiger charge is -2.15. The molecule has 3 aromatic heterocycles. The first kappa shape index (κ1) is 23.7. The molecule has 0 atom stereocenters. The van der Waals surface area contributed by atoms with Crippen molar-refractivity contribution in [3.63, 3.8) is 0 Å². The van der Waals surface area contributed by atoms with E-state index < -0.39 is 0 Å². The lowest BCUT2D eigenvalue weighted by atomic mass is 9.95. The van der Waals surface area contributed by atoms with Gasteiger partial charge in [0.1, 0.15) is 0 Å². The van der Waals surface area contributed by atoms with E-state index in [0.29, 0.717) is 0 Å². The monoisotopic (exact) mass is 558 g/mol. The number of aromatic nitrogens is 2. The fourth-order valence-electron chi connectivity index (χ4n) is 7.70. The fourth-order valence-corrected chi connectivity index (χ4v) is 7.70. The first-order valence-electron chi connectivity index (χ1n) is 15.2. The molecular formula is C42H26N2. The Kier molecular flexibility index (Phi) is 4.75. The number of nitrogens with zero attached hydrogens (tertiary/aromatic N) is 2. The number of benzene rings is 7. The number of fused-ring (bicyclic) bond motifs is 6. The van der Waals surface area contributed by atoms with Crippen molar-refractivity contribution in [2.45, 2.75) is 0 Å². The predicted molar refractivity (Wildman–Crippen MR) is 186 cm³/mol. The molecule has 7 aromatic carbocycles.